The summed E-state index contributed by atoms with van der Waals surface area (Å²) < 4.78 is 5.29. The van der Waals surface area contributed by atoms with Gasteiger partial charge in [-0.15, -0.1) is 0 Å². The van der Waals surface area contributed by atoms with Crippen LogP contribution in [-0.2, 0) is 4.74 Å². The van der Waals surface area contributed by atoms with Crippen molar-refractivity contribution < 1.29 is 4.74 Å². The highest BCUT2D eigenvalue weighted by atomic mass is 16.5. The van der Waals surface area contributed by atoms with Crippen molar-refractivity contribution in [2.45, 2.75) is 50.8 Å². The van der Waals surface area contributed by atoms with E-state index in [1.54, 1.807) is 0 Å². The average Bonchev–Trinajstić information content (AvgIpc) is 2.23. The van der Waals surface area contributed by atoms with Crippen molar-refractivity contribution in [1.82, 2.24) is 10.2 Å². The van der Waals surface area contributed by atoms with Crippen LogP contribution in [0, 0.1) is 0 Å². The zero-order chi connectivity index (χ0) is 10.7. The molecule has 1 saturated heterocycles. The Hall–Kier alpha value is -0.120. The molecule has 3 nitrogen and oxygen atoms in total. The molecule has 88 valence electrons. The second-order valence-electron chi connectivity index (χ2n) is 4.90. The largest absolute Gasteiger partial charge is 0.381 e. The number of hydrogen-bond donors (Lipinski definition) is 1. The van der Waals surface area contributed by atoms with E-state index in [0.717, 1.165) is 12.1 Å². The van der Waals surface area contributed by atoms with E-state index >= 15 is 0 Å². The first kappa shape index (κ1) is 11.4. The van der Waals surface area contributed by atoms with Gasteiger partial charge < -0.3 is 15.0 Å². The molecule has 1 N–H and O–H groups in total. The number of nitrogens with one attached hydrogen (secondary N) is 1. The molecule has 0 aromatic heterocycles. The maximum atomic E-state index is 5.29. The fraction of sp³-hybridized carbons (Fsp3) is 1.00. The minimum Gasteiger partial charge on any atom is -0.381 e. The fourth-order valence-corrected chi connectivity index (χ4v) is 2.64. The third-order valence-corrected chi connectivity index (χ3v) is 3.93. The van der Waals surface area contributed by atoms with Gasteiger partial charge in [0.1, 0.15) is 0 Å². The molecule has 3 heteroatoms. The van der Waals surface area contributed by atoms with E-state index in [0.29, 0.717) is 6.10 Å². The van der Waals surface area contributed by atoms with E-state index in [1.807, 2.05) is 7.11 Å². The van der Waals surface area contributed by atoms with Gasteiger partial charge in [-0.2, -0.15) is 0 Å². The normalized spacial score (nSPS) is 34.0. The van der Waals surface area contributed by atoms with Gasteiger partial charge in [0.05, 0.1) is 6.10 Å². The van der Waals surface area contributed by atoms with E-state index in [1.165, 1.54) is 45.3 Å². The highest BCUT2D eigenvalue weighted by Crippen LogP contribution is 2.24. The highest BCUT2D eigenvalue weighted by Gasteiger charge is 2.31. The monoisotopic (exact) mass is 212 g/mol. The lowest BCUT2D eigenvalue weighted by Gasteiger charge is -2.40. The maximum absolute atomic E-state index is 5.29. The summed E-state index contributed by atoms with van der Waals surface area (Å²) in [6.07, 6.45) is 5.59. The molecule has 2 rings (SSSR count). The third-order valence-electron chi connectivity index (χ3n) is 3.93. The van der Waals surface area contributed by atoms with Crippen molar-refractivity contribution in [2.24, 2.45) is 0 Å². The molecule has 0 aromatic rings. The van der Waals surface area contributed by atoms with Gasteiger partial charge in [0.25, 0.3) is 0 Å². The molecular formula is C12H24N2O. The van der Waals surface area contributed by atoms with Crippen LogP contribution < -0.4 is 5.32 Å². The van der Waals surface area contributed by atoms with Crippen LogP contribution in [0.4, 0.5) is 0 Å². The number of rotatable bonds is 4. The Labute approximate surface area is 93.2 Å². The molecule has 1 aliphatic carbocycles. The molecule has 0 spiro atoms. The van der Waals surface area contributed by atoms with Crippen LogP contribution in [0.15, 0.2) is 0 Å². The van der Waals surface area contributed by atoms with Gasteiger partial charge >= 0.3 is 0 Å². The predicted octanol–water partition coefficient (Wildman–Crippen LogP) is 1.24. The lowest BCUT2D eigenvalue weighted by atomic mass is 9.88. The highest BCUT2D eigenvalue weighted by molar-refractivity contribution is 4.89. The summed E-state index contributed by atoms with van der Waals surface area (Å²) in [6, 6.07) is 1.49. The van der Waals surface area contributed by atoms with Crippen LogP contribution in [0.25, 0.3) is 0 Å². The van der Waals surface area contributed by atoms with E-state index < -0.39 is 0 Å². The summed E-state index contributed by atoms with van der Waals surface area (Å²) in [6.45, 7) is 6.01. The summed E-state index contributed by atoms with van der Waals surface area (Å²) in [4.78, 5) is 2.54. The molecule has 1 saturated carbocycles. The van der Waals surface area contributed by atoms with Crippen LogP contribution >= 0.6 is 0 Å². The zero-order valence-corrected chi connectivity index (χ0v) is 10.0. The van der Waals surface area contributed by atoms with Crippen LogP contribution in [0.5, 0.6) is 0 Å². The summed E-state index contributed by atoms with van der Waals surface area (Å²) in [7, 11) is 1.82. The maximum Gasteiger partial charge on any atom is 0.0601 e. The number of methoxy groups -OCH3 is 1. The molecule has 2 aliphatic rings. The van der Waals surface area contributed by atoms with E-state index in [4.69, 9.17) is 4.74 Å². The minimum atomic E-state index is 0.526. The van der Waals surface area contributed by atoms with Crippen LogP contribution in [0.3, 0.4) is 0 Å². The Morgan fingerprint density at radius 3 is 2.40 bits per heavy atom. The van der Waals surface area contributed by atoms with Crippen molar-refractivity contribution in [2.75, 3.05) is 26.7 Å². The first-order valence-electron chi connectivity index (χ1n) is 6.33. The number of likely N-dealkylation sites (tertiary alicyclic amines) is 1. The molecule has 2 fully saturated rings. The number of hydrogen-bond acceptors (Lipinski definition) is 3. The van der Waals surface area contributed by atoms with Gasteiger partial charge in [0.15, 0.2) is 0 Å². The molecule has 0 amide bonds. The van der Waals surface area contributed by atoms with Gasteiger partial charge in [-0.25, -0.2) is 0 Å². The second-order valence-corrected chi connectivity index (χ2v) is 4.90. The Morgan fingerprint density at radius 2 is 1.87 bits per heavy atom. The number of nitrogens with zero attached hydrogens (tertiary/aromatic N) is 1. The molecule has 0 unspecified atom stereocenters. The van der Waals surface area contributed by atoms with E-state index in [2.05, 4.69) is 17.1 Å². The van der Waals surface area contributed by atoms with E-state index in [-0.39, 0.29) is 0 Å². The van der Waals surface area contributed by atoms with Gasteiger partial charge in [-0.3, -0.25) is 0 Å². The molecule has 1 aliphatic heterocycles. The second kappa shape index (κ2) is 5.28. The average molecular weight is 212 g/mol. The lowest BCUT2D eigenvalue weighted by molar-refractivity contribution is 0.0115. The Kier molecular flexibility index (Phi) is 4.00. The molecule has 0 bridgehead atoms. The van der Waals surface area contributed by atoms with Crippen molar-refractivity contribution in [1.29, 1.82) is 0 Å². The molecule has 1 heterocycles. The van der Waals surface area contributed by atoms with Crippen LogP contribution in [0.1, 0.15) is 32.6 Å². The van der Waals surface area contributed by atoms with Crippen molar-refractivity contribution in [3.05, 3.63) is 0 Å². The molecular weight excluding hydrogens is 188 g/mol. The predicted molar refractivity (Wildman–Crippen MR) is 62.1 cm³/mol. The summed E-state index contributed by atoms with van der Waals surface area (Å²) in [5.41, 5.74) is 0. The first-order valence-corrected chi connectivity index (χ1v) is 6.33. The fourth-order valence-electron chi connectivity index (χ4n) is 2.64. The minimum absolute atomic E-state index is 0.526. The van der Waals surface area contributed by atoms with Gasteiger partial charge in [-0.05, 0) is 45.3 Å². The van der Waals surface area contributed by atoms with Crippen LogP contribution in [0.2, 0.25) is 0 Å². The smallest absolute Gasteiger partial charge is 0.0601 e. The quantitative estimate of drug-likeness (QED) is 0.759. The van der Waals surface area contributed by atoms with Crippen molar-refractivity contribution in [3.8, 4) is 0 Å². The van der Waals surface area contributed by atoms with Gasteiger partial charge in [-0.1, -0.05) is 6.92 Å². The van der Waals surface area contributed by atoms with E-state index in [9.17, 15) is 0 Å². The zero-order valence-electron chi connectivity index (χ0n) is 10.0. The van der Waals surface area contributed by atoms with Crippen molar-refractivity contribution >= 4 is 0 Å². The van der Waals surface area contributed by atoms with Gasteiger partial charge in [0.2, 0.25) is 0 Å². The summed E-state index contributed by atoms with van der Waals surface area (Å²) >= 11 is 0. The Balaban J connectivity index is 1.61. The van der Waals surface area contributed by atoms with Gasteiger partial charge in [0, 0.05) is 19.2 Å². The van der Waals surface area contributed by atoms with Crippen molar-refractivity contribution in [3.63, 3.8) is 0 Å². The number of ether oxygens (including phenoxy) is 1. The molecule has 15 heavy (non-hydrogen) atoms. The Morgan fingerprint density at radius 1 is 1.20 bits per heavy atom. The molecule has 0 radical (unpaired) electrons. The SMILES string of the molecule is CCN1CCC(NC2CC(OC)C2)CC1. The topological polar surface area (TPSA) is 24.5 Å². The summed E-state index contributed by atoms with van der Waals surface area (Å²) in [5, 5.41) is 3.76. The summed E-state index contributed by atoms with van der Waals surface area (Å²) in [5.74, 6) is 0. The van der Waals surface area contributed by atoms with Crippen LogP contribution in [-0.4, -0.2) is 49.8 Å². The Bertz CT molecular complexity index is 184. The first-order chi connectivity index (χ1) is 7.31. The number of piperidine rings is 1. The molecule has 0 aromatic carbocycles. The molecule has 0 atom stereocenters. The standard InChI is InChI=1S/C12H24N2O/c1-3-14-6-4-10(5-7-14)13-11-8-12(9-11)15-2/h10-13H,3-9H2,1-2H3. The third kappa shape index (κ3) is 2.92. The lowest BCUT2D eigenvalue weighted by Crippen LogP contribution is -2.52.